The molecular weight excluding hydrogens is 600 g/mol. The fraction of sp³-hybridized carbons (Fsp3) is 0.412. The summed E-state index contributed by atoms with van der Waals surface area (Å²) in [7, 11) is 0. The number of carbonyl (C=O) groups is 2. The van der Waals surface area contributed by atoms with Crippen LogP contribution in [-0.2, 0) is 16.6 Å². The van der Waals surface area contributed by atoms with E-state index in [0.29, 0.717) is 11.4 Å². The second-order valence-corrected chi connectivity index (χ2v) is 12.3. The van der Waals surface area contributed by atoms with E-state index in [2.05, 4.69) is 56.8 Å². The Bertz CT molecular complexity index is 1600. The van der Waals surface area contributed by atoms with E-state index in [4.69, 9.17) is 9.52 Å². The first-order valence-corrected chi connectivity index (χ1v) is 16.0. The average Bonchev–Trinajstić information content (AvgIpc) is 3.78. The first-order chi connectivity index (χ1) is 22.7. The lowest BCUT2D eigenvalue weighted by atomic mass is 9.86. The SMILES string of the molecule is C1CNCCN1.C1CNCCN1.CC1=NN(c2ccc3c(c2)C(C)(C)CC3)C(=O)/C1=N\Nc1cccc(-c2ccc(C(=O)O)o2)c1O. The molecule has 1 aliphatic carbocycles. The normalized spacial score (nSPS) is 19.2. The Morgan fingerprint density at radius 3 is 2.17 bits per heavy atom. The van der Waals surface area contributed by atoms with Crippen LogP contribution in [0.3, 0.4) is 0 Å². The fourth-order valence-electron chi connectivity index (χ4n) is 5.68. The van der Waals surface area contributed by atoms with E-state index in [1.165, 1.54) is 28.3 Å². The Kier molecular flexibility index (Phi) is 11.0. The van der Waals surface area contributed by atoms with Crippen LogP contribution in [0.1, 0.15) is 48.9 Å². The number of fused-ring (bicyclic) bond motifs is 1. The number of furan rings is 1. The number of phenols is 1. The molecule has 0 radical (unpaired) electrons. The number of aromatic hydroxyl groups is 1. The fourth-order valence-corrected chi connectivity index (χ4v) is 5.68. The van der Waals surface area contributed by atoms with Crippen molar-refractivity contribution in [3.05, 3.63) is 65.4 Å². The molecule has 3 aliphatic heterocycles. The van der Waals surface area contributed by atoms with E-state index in [-0.39, 0.29) is 45.6 Å². The van der Waals surface area contributed by atoms with Crippen LogP contribution >= 0.6 is 0 Å². The van der Waals surface area contributed by atoms with Crippen molar-refractivity contribution in [1.82, 2.24) is 21.3 Å². The molecule has 0 bridgehead atoms. The number of hydrogen-bond acceptors (Lipinski definition) is 11. The summed E-state index contributed by atoms with van der Waals surface area (Å²) in [6, 6.07) is 13.6. The van der Waals surface area contributed by atoms with E-state index < -0.39 is 5.97 Å². The molecule has 0 atom stereocenters. The zero-order chi connectivity index (χ0) is 33.4. The Hall–Kier alpha value is -4.56. The molecule has 7 rings (SSSR count). The first-order valence-electron chi connectivity index (χ1n) is 16.0. The molecule has 3 aromatic rings. The number of nitrogens with zero attached hydrogens (tertiary/aromatic N) is 3. The molecule has 2 fully saturated rings. The largest absolute Gasteiger partial charge is 0.505 e. The van der Waals surface area contributed by atoms with Gasteiger partial charge < -0.3 is 35.9 Å². The van der Waals surface area contributed by atoms with Crippen LogP contribution in [0.15, 0.2) is 63.2 Å². The Balaban J connectivity index is 0.000000301. The molecule has 2 saturated heterocycles. The highest BCUT2D eigenvalue weighted by Crippen LogP contribution is 2.40. The number of hydrazone groups is 2. The van der Waals surface area contributed by atoms with Gasteiger partial charge in [0.05, 0.1) is 22.6 Å². The van der Waals surface area contributed by atoms with Crippen LogP contribution in [0, 0.1) is 0 Å². The van der Waals surface area contributed by atoms with Crippen LogP contribution in [0.2, 0.25) is 0 Å². The topological polar surface area (TPSA) is 176 Å². The summed E-state index contributed by atoms with van der Waals surface area (Å²) in [6.07, 6.45) is 2.09. The number of carboxylic acids is 1. The van der Waals surface area contributed by atoms with Gasteiger partial charge in [0, 0.05) is 52.4 Å². The highest BCUT2D eigenvalue weighted by molar-refractivity contribution is 6.71. The van der Waals surface area contributed by atoms with Crippen LogP contribution in [0.4, 0.5) is 11.4 Å². The molecule has 4 aliphatic rings. The van der Waals surface area contributed by atoms with E-state index in [1.54, 1.807) is 25.1 Å². The van der Waals surface area contributed by atoms with Crippen LogP contribution in [0.25, 0.3) is 11.3 Å². The third kappa shape index (κ3) is 8.24. The minimum Gasteiger partial charge on any atom is -0.505 e. The maximum Gasteiger partial charge on any atom is 0.371 e. The summed E-state index contributed by atoms with van der Waals surface area (Å²) in [5.74, 6) is -1.82. The summed E-state index contributed by atoms with van der Waals surface area (Å²) >= 11 is 0. The van der Waals surface area contributed by atoms with Gasteiger partial charge >= 0.3 is 11.9 Å². The van der Waals surface area contributed by atoms with Gasteiger partial charge in [0.2, 0.25) is 5.76 Å². The van der Waals surface area contributed by atoms with Crippen molar-refractivity contribution in [3.63, 3.8) is 0 Å². The van der Waals surface area contributed by atoms with Crippen molar-refractivity contribution < 1.29 is 24.2 Å². The first kappa shape index (κ1) is 33.8. The van der Waals surface area contributed by atoms with Gasteiger partial charge in [-0.25, -0.2) is 4.79 Å². The van der Waals surface area contributed by atoms with Gasteiger partial charge in [-0.2, -0.15) is 15.2 Å². The predicted octanol–water partition coefficient (Wildman–Crippen LogP) is 3.12. The molecular formula is C34H44N8O5. The number of para-hydroxylation sites is 1. The summed E-state index contributed by atoms with van der Waals surface area (Å²) in [5.41, 5.74) is 7.06. The van der Waals surface area contributed by atoms with E-state index in [0.717, 1.165) is 65.2 Å². The van der Waals surface area contributed by atoms with Gasteiger partial charge in [0.15, 0.2) is 11.5 Å². The summed E-state index contributed by atoms with van der Waals surface area (Å²) in [4.78, 5) is 24.2. The number of aryl methyl sites for hydroxylation is 1. The lowest BCUT2D eigenvalue weighted by Crippen LogP contribution is -2.39. The summed E-state index contributed by atoms with van der Waals surface area (Å²) in [5, 5.41) is 42.6. The van der Waals surface area contributed by atoms with Crippen LogP contribution in [-0.4, -0.2) is 85.9 Å². The number of carboxylic acid groups (broad SMARTS) is 1. The quantitative estimate of drug-likeness (QED) is 0.161. The number of nitrogens with one attached hydrogen (secondary N) is 5. The van der Waals surface area contributed by atoms with Crippen molar-refractivity contribution in [1.29, 1.82) is 0 Å². The number of hydrogen-bond donors (Lipinski definition) is 7. The van der Waals surface area contributed by atoms with E-state index in [1.807, 2.05) is 12.1 Å². The molecule has 1 aromatic heterocycles. The molecule has 13 heteroatoms. The Morgan fingerprint density at radius 1 is 0.957 bits per heavy atom. The number of anilines is 2. The molecule has 2 aromatic carbocycles. The molecule has 47 heavy (non-hydrogen) atoms. The van der Waals surface area contributed by atoms with Crippen molar-refractivity contribution in [3.8, 4) is 17.1 Å². The standard InChI is InChI=1S/C26H24N4O5.2C4H10N2/c1-14-22(24(32)30(29-14)16-8-7-15-11-12-26(2,3)18(15)13-16)28-27-19-6-4-5-17(23(19)31)20-9-10-21(35-20)25(33)34;2*1-2-6-4-3-5-1/h4-10,13,27,31H,11-12H2,1-3H3,(H,33,34);2*5-6H,1-4H2/b28-22-;;. The van der Waals surface area contributed by atoms with Crippen LogP contribution in [0.5, 0.6) is 5.75 Å². The van der Waals surface area contributed by atoms with E-state index >= 15 is 0 Å². The molecule has 0 saturated carbocycles. The molecule has 0 spiro atoms. The Morgan fingerprint density at radius 2 is 1.60 bits per heavy atom. The molecule has 1 amide bonds. The number of amides is 1. The highest BCUT2D eigenvalue weighted by Gasteiger charge is 2.34. The van der Waals surface area contributed by atoms with E-state index in [9.17, 15) is 14.7 Å². The average molecular weight is 645 g/mol. The van der Waals surface area contributed by atoms with Crippen LogP contribution < -0.4 is 31.7 Å². The van der Waals surface area contributed by atoms with Crippen molar-refractivity contribution in [2.24, 2.45) is 10.2 Å². The number of aromatic carboxylic acids is 1. The number of rotatable bonds is 5. The summed E-state index contributed by atoms with van der Waals surface area (Å²) < 4.78 is 5.29. The zero-order valence-electron chi connectivity index (χ0n) is 27.2. The van der Waals surface area contributed by atoms with Gasteiger partial charge in [-0.05, 0) is 72.7 Å². The van der Waals surface area contributed by atoms with Crippen molar-refractivity contribution in [2.45, 2.75) is 39.0 Å². The molecule has 4 heterocycles. The molecule has 7 N–H and O–H groups in total. The van der Waals surface area contributed by atoms with Gasteiger partial charge in [0.1, 0.15) is 5.76 Å². The number of carbonyl (C=O) groups excluding carboxylic acids is 1. The smallest absolute Gasteiger partial charge is 0.371 e. The molecule has 13 nitrogen and oxygen atoms in total. The number of piperazine rings is 2. The van der Waals surface area contributed by atoms with Crippen molar-refractivity contribution >= 4 is 34.7 Å². The lowest BCUT2D eigenvalue weighted by molar-refractivity contribution is -0.112. The highest BCUT2D eigenvalue weighted by atomic mass is 16.4. The number of benzene rings is 2. The van der Waals surface area contributed by atoms with Gasteiger partial charge in [-0.15, -0.1) is 0 Å². The van der Waals surface area contributed by atoms with Crippen molar-refractivity contribution in [2.75, 3.05) is 62.8 Å². The lowest BCUT2D eigenvalue weighted by Gasteiger charge is -2.21. The summed E-state index contributed by atoms with van der Waals surface area (Å²) in [6.45, 7) is 15.2. The van der Waals surface area contributed by atoms with Gasteiger partial charge in [-0.3, -0.25) is 10.2 Å². The number of phenolic OH excluding ortho intramolecular Hbond substituents is 1. The minimum absolute atomic E-state index is 0.0487. The second kappa shape index (κ2) is 15.4. The third-order valence-corrected chi connectivity index (χ3v) is 8.39. The Labute approximate surface area is 274 Å². The maximum absolute atomic E-state index is 13.1. The third-order valence-electron chi connectivity index (χ3n) is 8.39. The zero-order valence-corrected chi connectivity index (χ0v) is 27.2. The predicted molar refractivity (Wildman–Crippen MR) is 184 cm³/mol. The molecule has 0 unspecified atom stereocenters. The second-order valence-electron chi connectivity index (χ2n) is 12.3. The maximum atomic E-state index is 13.1. The van der Waals surface area contributed by atoms with Gasteiger partial charge in [0.25, 0.3) is 0 Å². The van der Waals surface area contributed by atoms with Gasteiger partial charge in [-0.1, -0.05) is 26.0 Å². The molecule has 250 valence electrons. The monoisotopic (exact) mass is 644 g/mol. The minimum atomic E-state index is -1.21.